The number of carbonyl (C=O) groups is 2. The predicted octanol–water partition coefficient (Wildman–Crippen LogP) is 3.61. The summed E-state index contributed by atoms with van der Waals surface area (Å²) in [7, 11) is 1.30. The van der Waals surface area contributed by atoms with Gasteiger partial charge in [0.2, 0.25) is 0 Å². The molecule has 0 saturated heterocycles. The van der Waals surface area contributed by atoms with Gasteiger partial charge in [-0.25, -0.2) is 9.59 Å². The molecule has 0 aliphatic rings. The summed E-state index contributed by atoms with van der Waals surface area (Å²) in [6, 6.07) is 13.2. The quantitative estimate of drug-likeness (QED) is 0.587. The zero-order valence-electron chi connectivity index (χ0n) is 12.6. The molecule has 23 heavy (non-hydrogen) atoms. The van der Waals surface area contributed by atoms with Gasteiger partial charge in [0.05, 0.1) is 12.7 Å². The minimum atomic E-state index is -0.767. The van der Waals surface area contributed by atoms with E-state index in [1.807, 2.05) is 12.1 Å². The lowest BCUT2D eigenvalue weighted by atomic mass is 10.2. The van der Waals surface area contributed by atoms with E-state index in [1.165, 1.54) is 31.4 Å². The molecule has 2 rings (SSSR count). The van der Waals surface area contributed by atoms with Crippen molar-refractivity contribution in [1.29, 1.82) is 0 Å². The van der Waals surface area contributed by atoms with Gasteiger partial charge in [0, 0.05) is 4.47 Å². The molecule has 120 valence electrons. The minimum absolute atomic E-state index is 0.328. The van der Waals surface area contributed by atoms with Crippen LogP contribution in [0.4, 0.5) is 0 Å². The van der Waals surface area contributed by atoms with Crippen molar-refractivity contribution in [3.05, 3.63) is 58.6 Å². The first-order valence-corrected chi connectivity index (χ1v) is 7.61. The first-order chi connectivity index (χ1) is 11.0. The Kier molecular flexibility index (Phi) is 5.76. The van der Waals surface area contributed by atoms with E-state index >= 15 is 0 Å². The van der Waals surface area contributed by atoms with Crippen molar-refractivity contribution in [3.8, 4) is 11.5 Å². The fraction of sp³-hybridized carbons (Fsp3) is 0.176. The molecule has 0 aliphatic heterocycles. The third kappa shape index (κ3) is 4.82. The number of hydrogen-bond donors (Lipinski definition) is 0. The van der Waals surface area contributed by atoms with Crippen molar-refractivity contribution in [2.24, 2.45) is 0 Å². The zero-order valence-corrected chi connectivity index (χ0v) is 14.2. The summed E-state index contributed by atoms with van der Waals surface area (Å²) in [4.78, 5) is 23.3. The van der Waals surface area contributed by atoms with Crippen molar-refractivity contribution in [3.63, 3.8) is 0 Å². The molecule has 0 heterocycles. The molecular formula is C17H15BrO5. The summed E-state index contributed by atoms with van der Waals surface area (Å²) in [5.41, 5.74) is 0.381. The number of rotatable bonds is 5. The van der Waals surface area contributed by atoms with Gasteiger partial charge in [-0.15, -0.1) is 0 Å². The van der Waals surface area contributed by atoms with Crippen LogP contribution in [0.3, 0.4) is 0 Å². The van der Waals surface area contributed by atoms with Crippen LogP contribution in [-0.4, -0.2) is 25.2 Å². The lowest BCUT2D eigenvalue weighted by molar-refractivity contribution is -0.141. The second-order valence-corrected chi connectivity index (χ2v) is 5.57. The van der Waals surface area contributed by atoms with Crippen molar-refractivity contribution in [1.82, 2.24) is 0 Å². The highest BCUT2D eigenvalue weighted by Gasteiger charge is 2.17. The van der Waals surface area contributed by atoms with Crippen molar-refractivity contribution in [2.45, 2.75) is 13.0 Å². The SMILES string of the molecule is COC(=O)c1ccc(OC(=O)C(C)Oc2ccc(Br)cc2)cc1. The molecule has 1 atom stereocenters. The molecule has 2 aromatic rings. The number of methoxy groups -OCH3 is 1. The fourth-order valence-corrected chi connectivity index (χ4v) is 2.01. The van der Waals surface area contributed by atoms with Crippen molar-refractivity contribution >= 4 is 27.9 Å². The lowest BCUT2D eigenvalue weighted by Gasteiger charge is -2.14. The van der Waals surface area contributed by atoms with E-state index in [-0.39, 0.29) is 0 Å². The van der Waals surface area contributed by atoms with E-state index in [2.05, 4.69) is 20.7 Å². The number of hydrogen-bond acceptors (Lipinski definition) is 5. The normalized spacial score (nSPS) is 11.4. The largest absolute Gasteiger partial charge is 0.479 e. The molecule has 2 aromatic carbocycles. The van der Waals surface area contributed by atoms with Crippen LogP contribution in [0.25, 0.3) is 0 Å². The van der Waals surface area contributed by atoms with Gasteiger partial charge >= 0.3 is 11.9 Å². The Labute approximate surface area is 142 Å². The van der Waals surface area contributed by atoms with Gasteiger partial charge in [0.1, 0.15) is 11.5 Å². The highest BCUT2D eigenvalue weighted by Crippen LogP contribution is 2.18. The van der Waals surface area contributed by atoms with Crippen LogP contribution in [0.15, 0.2) is 53.0 Å². The van der Waals surface area contributed by atoms with E-state index in [9.17, 15) is 9.59 Å². The third-order valence-corrected chi connectivity index (χ3v) is 3.48. The number of esters is 2. The van der Waals surface area contributed by atoms with E-state index < -0.39 is 18.0 Å². The van der Waals surface area contributed by atoms with Gasteiger partial charge in [0.15, 0.2) is 6.10 Å². The average Bonchev–Trinajstić information content (AvgIpc) is 2.56. The molecule has 0 N–H and O–H groups in total. The summed E-state index contributed by atoms with van der Waals surface area (Å²) < 4.78 is 16.3. The van der Waals surface area contributed by atoms with Gasteiger partial charge in [-0.1, -0.05) is 15.9 Å². The topological polar surface area (TPSA) is 61.8 Å². The molecule has 0 aromatic heterocycles. The maximum Gasteiger partial charge on any atom is 0.352 e. The van der Waals surface area contributed by atoms with E-state index in [4.69, 9.17) is 9.47 Å². The molecule has 0 aliphatic carbocycles. The average molecular weight is 379 g/mol. The zero-order chi connectivity index (χ0) is 16.8. The van der Waals surface area contributed by atoms with Gasteiger partial charge in [-0.2, -0.15) is 0 Å². The van der Waals surface area contributed by atoms with Crippen LogP contribution in [0.5, 0.6) is 11.5 Å². The Morgan fingerprint density at radius 3 is 2.09 bits per heavy atom. The Morgan fingerprint density at radius 1 is 0.957 bits per heavy atom. The summed E-state index contributed by atoms with van der Waals surface area (Å²) in [6.07, 6.45) is -0.767. The Bertz CT molecular complexity index is 679. The molecule has 0 bridgehead atoms. The summed E-state index contributed by atoms with van der Waals surface area (Å²) in [5, 5.41) is 0. The molecule has 0 saturated carbocycles. The second-order valence-electron chi connectivity index (χ2n) is 4.65. The van der Waals surface area contributed by atoms with E-state index in [1.54, 1.807) is 19.1 Å². The van der Waals surface area contributed by atoms with Crippen LogP contribution in [-0.2, 0) is 9.53 Å². The highest BCUT2D eigenvalue weighted by molar-refractivity contribution is 9.10. The second kappa shape index (κ2) is 7.78. The summed E-state index contributed by atoms with van der Waals surface area (Å²) in [6.45, 7) is 1.60. The molecule has 0 amide bonds. The maximum atomic E-state index is 12.0. The molecule has 0 fully saturated rings. The van der Waals surface area contributed by atoms with E-state index in [0.717, 1.165) is 4.47 Å². The molecular weight excluding hydrogens is 364 g/mol. The standard InChI is InChI=1S/C17H15BrO5/c1-11(22-14-9-5-13(18)6-10-14)16(19)23-15-7-3-12(4-8-15)17(20)21-2/h3-11H,1-2H3. The number of carbonyl (C=O) groups excluding carboxylic acids is 2. The number of halogens is 1. The number of benzene rings is 2. The Balaban J connectivity index is 1.95. The van der Waals surface area contributed by atoms with Gasteiger partial charge in [-0.05, 0) is 55.5 Å². The van der Waals surface area contributed by atoms with Gasteiger partial charge in [-0.3, -0.25) is 0 Å². The van der Waals surface area contributed by atoms with Crippen molar-refractivity contribution in [2.75, 3.05) is 7.11 Å². The molecule has 0 radical (unpaired) electrons. The predicted molar refractivity (Wildman–Crippen MR) is 87.6 cm³/mol. The van der Waals surface area contributed by atoms with Crippen LogP contribution in [0, 0.1) is 0 Å². The first kappa shape index (κ1) is 17.0. The Morgan fingerprint density at radius 2 is 1.52 bits per heavy atom. The smallest absolute Gasteiger partial charge is 0.352 e. The fourth-order valence-electron chi connectivity index (χ4n) is 1.74. The maximum absolute atomic E-state index is 12.0. The van der Waals surface area contributed by atoms with Crippen LogP contribution >= 0.6 is 15.9 Å². The summed E-state index contributed by atoms with van der Waals surface area (Å²) in [5.74, 6) is -0.0823. The Hall–Kier alpha value is -2.34. The van der Waals surface area contributed by atoms with Crippen LogP contribution in [0.2, 0.25) is 0 Å². The first-order valence-electron chi connectivity index (χ1n) is 6.82. The van der Waals surface area contributed by atoms with Gasteiger partial charge < -0.3 is 14.2 Å². The van der Waals surface area contributed by atoms with Crippen molar-refractivity contribution < 1.29 is 23.8 Å². The lowest BCUT2D eigenvalue weighted by Crippen LogP contribution is -2.28. The molecule has 1 unspecified atom stereocenters. The van der Waals surface area contributed by atoms with Gasteiger partial charge in [0.25, 0.3) is 0 Å². The minimum Gasteiger partial charge on any atom is -0.479 e. The highest BCUT2D eigenvalue weighted by atomic mass is 79.9. The van der Waals surface area contributed by atoms with Crippen LogP contribution in [0.1, 0.15) is 17.3 Å². The van der Waals surface area contributed by atoms with E-state index in [0.29, 0.717) is 17.1 Å². The molecule has 0 spiro atoms. The molecule has 6 heteroatoms. The van der Waals surface area contributed by atoms with Crippen LogP contribution < -0.4 is 9.47 Å². The molecule has 5 nitrogen and oxygen atoms in total. The number of ether oxygens (including phenoxy) is 3. The monoisotopic (exact) mass is 378 g/mol. The third-order valence-electron chi connectivity index (χ3n) is 2.95. The summed E-state index contributed by atoms with van der Waals surface area (Å²) >= 11 is 3.33.